The average Bonchev–Trinajstić information content (AvgIpc) is 2.64. The van der Waals surface area contributed by atoms with Crippen LogP contribution in [0.5, 0.6) is 0 Å². The Balaban J connectivity index is 2.65. The number of carboxylic acids is 1. The maximum absolute atomic E-state index is 11.6. The fourth-order valence-corrected chi connectivity index (χ4v) is 1.76. The van der Waals surface area contributed by atoms with Crippen LogP contribution in [0, 0.1) is 6.92 Å². The van der Waals surface area contributed by atoms with Gasteiger partial charge in [0.2, 0.25) is 0 Å². The van der Waals surface area contributed by atoms with E-state index in [1.165, 1.54) is 17.5 Å². The summed E-state index contributed by atoms with van der Waals surface area (Å²) < 4.78 is 0. The third-order valence-electron chi connectivity index (χ3n) is 1.87. The van der Waals surface area contributed by atoms with E-state index < -0.39 is 17.9 Å². The number of aryl methyl sites for hydroxylation is 1. The van der Waals surface area contributed by atoms with Gasteiger partial charge in [-0.3, -0.25) is 4.79 Å². The van der Waals surface area contributed by atoms with Gasteiger partial charge >= 0.3 is 5.97 Å². The number of carbonyl (C=O) groups excluding carboxylic acids is 1. The molecular formula is C9H12N2O4S. The second-order valence-corrected chi connectivity index (χ2v) is 4.35. The van der Waals surface area contributed by atoms with Gasteiger partial charge in [-0.15, -0.1) is 11.3 Å². The number of aliphatic carboxylic acids is 1. The van der Waals surface area contributed by atoms with Crippen molar-refractivity contribution in [3.05, 3.63) is 16.1 Å². The molecule has 6 nitrogen and oxygen atoms in total. The molecule has 16 heavy (non-hydrogen) atoms. The van der Waals surface area contributed by atoms with E-state index in [1.54, 1.807) is 6.92 Å². The van der Waals surface area contributed by atoms with Gasteiger partial charge in [0.15, 0.2) is 0 Å². The molecule has 0 aliphatic heterocycles. The minimum absolute atomic E-state index is 0.0150. The predicted octanol–water partition coefficient (Wildman–Crippen LogP) is 0.0169. The van der Waals surface area contributed by atoms with Gasteiger partial charge in [-0.25, -0.2) is 9.78 Å². The number of hydrogen-bond acceptors (Lipinski definition) is 5. The third-order valence-corrected chi connectivity index (χ3v) is 2.78. The van der Waals surface area contributed by atoms with Crippen molar-refractivity contribution in [2.45, 2.75) is 19.4 Å². The molecule has 0 aliphatic carbocycles. The molecule has 1 aromatic rings. The molecule has 0 unspecified atom stereocenters. The second-order valence-electron chi connectivity index (χ2n) is 3.12. The standard InChI is InChI=1S/C9H12N2O4S/c1-5-10-4-7(16-5)8(13)11-6(2-3-12)9(14)15/h4,6,12H,2-3H2,1H3,(H,11,13)(H,14,15)/t6-/m0/s1. The number of aromatic nitrogens is 1. The van der Waals surface area contributed by atoms with Crippen molar-refractivity contribution in [2.75, 3.05) is 6.61 Å². The number of hydrogen-bond donors (Lipinski definition) is 3. The Bertz CT molecular complexity index is 391. The molecule has 0 fully saturated rings. The van der Waals surface area contributed by atoms with Crippen molar-refractivity contribution < 1.29 is 19.8 Å². The van der Waals surface area contributed by atoms with E-state index in [9.17, 15) is 9.59 Å². The van der Waals surface area contributed by atoms with Crippen LogP contribution < -0.4 is 5.32 Å². The highest BCUT2D eigenvalue weighted by Crippen LogP contribution is 2.11. The zero-order valence-corrected chi connectivity index (χ0v) is 9.45. The van der Waals surface area contributed by atoms with Crippen molar-refractivity contribution in [1.29, 1.82) is 0 Å². The summed E-state index contributed by atoms with van der Waals surface area (Å²) in [7, 11) is 0. The van der Waals surface area contributed by atoms with Crippen LogP contribution in [0.1, 0.15) is 21.1 Å². The summed E-state index contributed by atoms with van der Waals surface area (Å²) >= 11 is 1.19. The van der Waals surface area contributed by atoms with Crippen LogP contribution in [-0.2, 0) is 4.79 Å². The molecule has 0 saturated carbocycles. The lowest BCUT2D eigenvalue weighted by Gasteiger charge is -2.11. The zero-order valence-electron chi connectivity index (χ0n) is 8.64. The highest BCUT2D eigenvalue weighted by Gasteiger charge is 2.20. The van der Waals surface area contributed by atoms with Crippen LogP contribution in [0.2, 0.25) is 0 Å². The van der Waals surface area contributed by atoms with Crippen molar-refractivity contribution in [1.82, 2.24) is 10.3 Å². The van der Waals surface area contributed by atoms with Gasteiger partial charge in [-0.2, -0.15) is 0 Å². The summed E-state index contributed by atoms with van der Waals surface area (Å²) in [6.45, 7) is 1.46. The van der Waals surface area contributed by atoms with Crippen LogP contribution in [0.15, 0.2) is 6.20 Å². The van der Waals surface area contributed by atoms with Crippen molar-refractivity contribution >= 4 is 23.2 Å². The van der Waals surface area contributed by atoms with Crippen molar-refractivity contribution in [3.8, 4) is 0 Å². The highest BCUT2D eigenvalue weighted by molar-refractivity contribution is 7.13. The molecule has 0 saturated heterocycles. The summed E-state index contributed by atoms with van der Waals surface area (Å²) in [4.78, 5) is 26.5. The first-order valence-corrected chi connectivity index (χ1v) is 5.43. The summed E-state index contributed by atoms with van der Waals surface area (Å²) in [5.74, 6) is -1.64. The van der Waals surface area contributed by atoms with E-state index in [0.29, 0.717) is 4.88 Å². The summed E-state index contributed by atoms with van der Waals surface area (Å²) in [6.07, 6.45) is 1.38. The van der Waals surface area contributed by atoms with Gasteiger partial charge in [0.25, 0.3) is 5.91 Å². The fraction of sp³-hybridized carbons (Fsp3) is 0.444. The smallest absolute Gasteiger partial charge is 0.326 e. The molecule has 88 valence electrons. The fourth-order valence-electron chi connectivity index (χ4n) is 1.08. The van der Waals surface area contributed by atoms with E-state index in [0.717, 1.165) is 5.01 Å². The number of aliphatic hydroxyl groups excluding tert-OH is 1. The molecule has 0 radical (unpaired) electrons. The Labute approximate surface area is 95.9 Å². The molecule has 0 spiro atoms. The van der Waals surface area contributed by atoms with Crippen LogP contribution in [0.4, 0.5) is 0 Å². The van der Waals surface area contributed by atoms with Crippen LogP contribution in [0.25, 0.3) is 0 Å². The minimum Gasteiger partial charge on any atom is -0.480 e. The van der Waals surface area contributed by atoms with Gasteiger partial charge < -0.3 is 15.5 Å². The van der Waals surface area contributed by atoms with Crippen LogP contribution >= 0.6 is 11.3 Å². The lowest BCUT2D eigenvalue weighted by molar-refractivity contribution is -0.139. The number of rotatable bonds is 5. The largest absolute Gasteiger partial charge is 0.480 e. The number of carboxylic acid groups (broad SMARTS) is 1. The maximum atomic E-state index is 11.6. The molecule has 7 heteroatoms. The maximum Gasteiger partial charge on any atom is 0.326 e. The van der Waals surface area contributed by atoms with Crippen molar-refractivity contribution in [3.63, 3.8) is 0 Å². The first-order valence-electron chi connectivity index (χ1n) is 4.61. The molecule has 0 aromatic carbocycles. The van der Waals surface area contributed by atoms with Gasteiger partial charge in [0.05, 0.1) is 11.2 Å². The highest BCUT2D eigenvalue weighted by atomic mass is 32.1. The average molecular weight is 244 g/mol. The Morgan fingerprint density at radius 1 is 1.62 bits per heavy atom. The SMILES string of the molecule is Cc1ncc(C(=O)N[C@@H](CCO)C(=O)O)s1. The van der Waals surface area contributed by atoms with E-state index in [4.69, 9.17) is 10.2 Å². The number of aliphatic hydroxyl groups is 1. The third kappa shape index (κ3) is 3.28. The number of thiazole rings is 1. The second kappa shape index (κ2) is 5.57. The number of nitrogens with one attached hydrogen (secondary N) is 1. The molecule has 0 aliphatic rings. The summed E-state index contributed by atoms with van der Waals surface area (Å²) in [5, 5.41) is 20.5. The van der Waals surface area contributed by atoms with E-state index in [-0.39, 0.29) is 13.0 Å². The van der Waals surface area contributed by atoms with Crippen LogP contribution in [-0.4, -0.2) is 39.7 Å². The topological polar surface area (TPSA) is 99.5 Å². The molecule has 1 aromatic heterocycles. The number of carbonyl (C=O) groups is 2. The monoisotopic (exact) mass is 244 g/mol. The first-order chi connectivity index (χ1) is 7.54. The normalized spacial score (nSPS) is 12.1. The van der Waals surface area contributed by atoms with Gasteiger partial charge in [-0.05, 0) is 6.92 Å². The van der Waals surface area contributed by atoms with E-state index in [2.05, 4.69) is 10.3 Å². The van der Waals surface area contributed by atoms with Crippen molar-refractivity contribution in [2.24, 2.45) is 0 Å². The Morgan fingerprint density at radius 3 is 2.75 bits per heavy atom. The first kappa shape index (κ1) is 12.6. The molecule has 1 amide bonds. The molecule has 1 atom stereocenters. The van der Waals surface area contributed by atoms with Gasteiger partial charge in [0, 0.05) is 13.0 Å². The van der Waals surface area contributed by atoms with E-state index in [1.807, 2.05) is 0 Å². The molecule has 1 rings (SSSR count). The minimum atomic E-state index is -1.16. The molecular weight excluding hydrogens is 232 g/mol. The quantitative estimate of drug-likeness (QED) is 0.678. The summed E-state index contributed by atoms with van der Waals surface area (Å²) in [5.41, 5.74) is 0. The Kier molecular flexibility index (Phi) is 4.39. The number of amides is 1. The number of nitrogens with zero attached hydrogens (tertiary/aromatic N) is 1. The molecule has 0 bridgehead atoms. The molecule has 1 heterocycles. The lowest BCUT2D eigenvalue weighted by Crippen LogP contribution is -2.41. The molecule has 3 N–H and O–H groups in total. The van der Waals surface area contributed by atoms with E-state index >= 15 is 0 Å². The zero-order chi connectivity index (χ0) is 12.1. The Morgan fingerprint density at radius 2 is 2.31 bits per heavy atom. The summed E-state index contributed by atoms with van der Waals surface area (Å²) in [6, 6.07) is -1.07. The van der Waals surface area contributed by atoms with Gasteiger partial charge in [-0.1, -0.05) is 0 Å². The lowest BCUT2D eigenvalue weighted by atomic mass is 10.2. The predicted molar refractivity (Wildman–Crippen MR) is 57.4 cm³/mol. The Hall–Kier alpha value is -1.47. The van der Waals surface area contributed by atoms with Gasteiger partial charge in [0.1, 0.15) is 10.9 Å². The van der Waals surface area contributed by atoms with Crippen LogP contribution in [0.3, 0.4) is 0 Å².